The highest BCUT2D eigenvalue weighted by Crippen LogP contribution is 2.43. The van der Waals surface area contributed by atoms with Crippen molar-refractivity contribution in [2.45, 2.75) is 6.92 Å². The summed E-state index contributed by atoms with van der Waals surface area (Å²) in [5, 5.41) is 7.29. The monoisotopic (exact) mass is 855 g/mol. The summed E-state index contributed by atoms with van der Waals surface area (Å²) in [6, 6.07) is 82.4. The number of hydrogen-bond donors (Lipinski definition) is 0. The topological polar surface area (TPSA) is 48.5 Å². The Morgan fingerprint density at radius 3 is 1.58 bits per heavy atom. The molecule has 13 rings (SSSR count). The normalized spacial score (nSPS) is 11.7. The second kappa shape index (κ2) is 15.7. The van der Waals surface area contributed by atoms with E-state index in [-0.39, 0.29) is 0 Å². The number of hydrogen-bond acceptors (Lipinski definition) is 3. The molecule has 0 amide bonds. The average Bonchev–Trinajstić information content (AvgIpc) is 3.92. The standard InChI is InChI=1S/C62H41N5/c1-40-17-8-9-24-48(40)62-64-60(43-18-4-2-5-19-43)63-61(65-62)45-20-16-23-47(37-45)67-57-30-15-13-27-51(57)55-39-53(49-25-10-11-28-52(49)59(55)67)42-33-31-41(32-34-42)44-35-36-58-54(38-44)50-26-12-14-29-56(50)66(58)46-21-6-3-7-22-46/h2-39H,1H3. The molecule has 10 aromatic carbocycles. The molecule has 3 heterocycles. The summed E-state index contributed by atoms with van der Waals surface area (Å²) in [5.41, 5.74) is 15.6. The van der Waals surface area contributed by atoms with Crippen molar-refractivity contribution >= 4 is 54.4 Å². The minimum absolute atomic E-state index is 0.629. The molecule has 67 heavy (non-hydrogen) atoms. The number of para-hydroxylation sites is 3. The Kier molecular flexibility index (Phi) is 9.00. The van der Waals surface area contributed by atoms with Gasteiger partial charge in [-0.15, -0.1) is 0 Å². The molecule has 0 aliphatic carbocycles. The van der Waals surface area contributed by atoms with Crippen molar-refractivity contribution in [3.8, 4) is 67.8 Å². The van der Waals surface area contributed by atoms with Gasteiger partial charge >= 0.3 is 0 Å². The zero-order valence-corrected chi connectivity index (χ0v) is 36.7. The first-order valence-corrected chi connectivity index (χ1v) is 22.8. The lowest BCUT2D eigenvalue weighted by Crippen LogP contribution is -2.02. The summed E-state index contributed by atoms with van der Waals surface area (Å²) in [6.07, 6.45) is 0. The van der Waals surface area contributed by atoms with Gasteiger partial charge in [-0.1, -0.05) is 176 Å². The maximum Gasteiger partial charge on any atom is 0.164 e. The summed E-state index contributed by atoms with van der Waals surface area (Å²) >= 11 is 0. The number of benzene rings is 10. The van der Waals surface area contributed by atoms with Gasteiger partial charge in [0, 0.05) is 55.0 Å². The van der Waals surface area contributed by atoms with E-state index in [2.05, 4.69) is 216 Å². The molecule has 0 aliphatic rings. The molecule has 0 radical (unpaired) electrons. The van der Waals surface area contributed by atoms with Crippen LogP contribution in [0.3, 0.4) is 0 Å². The van der Waals surface area contributed by atoms with E-state index in [0.29, 0.717) is 17.5 Å². The molecule has 0 atom stereocenters. The average molecular weight is 856 g/mol. The minimum Gasteiger partial charge on any atom is -0.309 e. The predicted molar refractivity (Wildman–Crippen MR) is 278 cm³/mol. The van der Waals surface area contributed by atoms with Crippen molar-refractivity contribution in [1.82, 2.24) is 24.1 Å². The fourth-order valence-electron chi connectivity index (χ4n) is 10.1. The highest BCUT2D eigenvalue weighted by molar-refractivity contribution is 6.22. The van der Waals surface area contributed by atoms with E-state index >= 15 is 0 Å². The third-order valence-corrected chi connectivity index (χ3v) is 13.3. The number of fused-ring (bicyclic) bond motifs is 8. The van der Waals surface area contributed by atoms with Crippen LogP contribution in [-0.2, 0) is 0 Å². The summed E-state index contributed by atoms with van der Waals surface area (Å²) in [5.74, 6) is 1.93. The van der Waals surface area contributed by atoms with Crippen LogP contribution < -0.4 is 0 Å². The van der Waals surface area contributed by atoms with Crippen LogP contribution in [-0.4, -0.2) is 24.1 Å². The van der Waals surface area contributed by atoms with Crippen LogP contribution >= 0.6 is 0 Å². The van der Waals surface area contributed by atoms with Crippen molar-refractivity contribution in [2.75, 3.05) is 0 Å². The van der Waals surface area contributed by atoms with Gasteiger partial charge in [-0.25, -0.2) is 15.0 Å². The van der Waals surface area contributed by atoms with E-state index in [0.717, 1.165) is 39.1 Å². The maximum absolute atomic E-state index is 5.13. The van der Waals surface area contributed by atoms with Gasteiger partial charge in [0.1, 0.15) is 0 Å². The van der Waals surface area contributed by atoms with Crippen LogP contribution in [0.5, 0.6) is 0 Å². The van der Waals surface area contributed by atoms with Crippen molar-refractivity contribution in [3.05, 3.63) is 236 Å². The fraction of sp³-hybridized carbons (Fsp3) is 0.0161. The molecule has 5 heteroatoms. The Hall–Kier alpha value is -8.93. The third kappa shape index (κ3) is 6.43. The third-order valence-electron chi connectivity index (χ3n) is 13.3. The largest absolute Gasteiger partial charge is 0.309 e. The lowest BCUT2D eigenvalue weighted by Gasteiger charge is -2.14. The highest BCUT2D eigenvalue weighted by Gasteiger charge is 2.20. The quantitative estimate of drug-likeness (QED) is 0.160. The van der Waals surface area contributed by atoms with Gasteiger partial charge in [0.15, 0.2) is 17.5 Å². The number of aromatic nitrogens is 5. The van der Waals surface area contributed by atoms with Crippen LogP contribution in [0.15, 0.2) is 231 Å². The Bertz CT molecular complexity index is 4030. The molecule has 0 spiro atoms. The Morgan fingerprint density at radius 1 is 0.284 bits per heavy atom. The van der Waals surface area contributed by atoms with Crippen molar-refractivity contribution < 1.29 is 0 Å². The van der Waals surface area contributed by atoms with Crippen LogP contribution in [0.4, 0.5) is 0 Å². The highest BCUT2D eigenvalue weighted by atomic mass is 15.0. The fourth-order valence-corrected chi connectivity index (χ4v) is 10.1. The van der Waals surface area contributed by atoms with Gasteiger partial charge < -0.3 is 9.13 Å². The van der Waals surface area contributed by atoms with E-state index in [1.165, 1.54) is 71.1 Å². The Balaban J connectivity index is 0.934. The lowest BCUT2D eigenvalue weighted by atomic mass is 9.93. The molecule has 0 unspecified atom stereocenters. The zero-order valence-electron chi connectivity index (χ0n) is 36.7. The molecule has 0 aliphatic heterocycles. The first kappa shape index (κ1) is 38.5. The lowest BCUT2D eigenvalue weighted by molar-refractivity contribution is 1.07. The second-order valence-electron chi connectivity index (χ2n) is 17.3. The smallest absolute Gasteiger partial charge is 0.164 e. The van der Waals surface area contributed by atoms with Gasteiger partial charge in [0.05, 0.1) is 22.1 Å². The molecule has 0 fully saturated rings. The first-order valence-electron chi connectivity index (χ1n) is 22.8. The molecule has 3 aromatic heterocycles. The van der Waals surface area contributed by atoms with E-state index < -0.39 is 0 Å². The SMILES string of the molecule is Cc1ccccc1-c1nc(-c2ccccc2)nc(-c2cccc(-n3c4ccccc4c4cc(-c5ccc(-c6ccc7c(c6)c6ccccc6n7-c6ccccc6)cc5)c5ccccc5c43)c2)n1. The van der Waals surface area contributed by atoms with Crippen LogP contribution in [0.2, 0.25) is 0 Å². The van der Waals surface area contributed by atoms with E-state index in [1.807, 2.05) is 30.3 Å². The summed E-state index contributed by atoms with van der Waals surface area (Å²) in [6.45, 7) is 2.10. The molecule has 314 valence electrons. The number of rotatable bonds is 7. The van der Waals surface area contributed by atoms with Crippen LogP contribution in [0, 0.1) is 6.92 Å². The molecule has 0 saturated carbocycles. The van der Waals surface area contributed by atoms with Crippen molar-refractivity contribution in [1.29, 1.82) is 0 Å². The number of nitrogens with zero attached hydrogens (tertiary/aromatic N) is 5. The van der Waals surface area contributed by atoms with E-state index in [4.69, 9.17) is 15.0 Å². The van der Waals surface area contributed by atoms with Crippen molar-refractivity contribution in [3.63, 3.8) is 0 Å². The molecule has 13 aromatic rings. The summed E-state index contributed by atoms with van der Waals surface area (Å²) in [7, 11) is 0. The predicted octanol–water partition coefficient (Wildman–Crippen LogP) is 15.9. The summed E-state index contributed by atoms with van der Waals surface area (Å²) in [4.78, 5) is 15.2. The molecule has 0 N–H and O–H groups in total. The molecule has 5 nitrogen and oxygen atoms in total. The molecular weight excluding hydrogens is 815 g/mol. The van der Waals surface area contributed by atoms with E-state index in [1.54, 1.807) is 0 Å². The van der Waals surface area contributed by atoms with Gasteiger partial charge in [0.2, 0.25) is 0 Å². The van der Waals surface area contributed by atoms with Crippen molar-refractivity contribution in [2.24, 2.45) is 0 Å². The maximum atomic E-state index is 5.13. The van der Waals surface area contributed by atoms with Gasteiger partial charge in [-0.2, -0.15) is 0 Å². The Morgan fingerprint density at radius 2 is 0.821 bits per heavy atom. The molecular formula is C62H41N5. The van der Waals surface area contributed by atoms with Gasteiger partial charge in [-0.3, -0.25) is 0 Å². The minimum atomic E-state index is 0.629. The molecule has 0 saturated heterocycles. The number of aryl methyl sites for hydroxylation is 1. The van der Waals surface area contributed by atoms with Crippen LogP contribution in [0.25, 0.3) is 122 Å². The first-order chi connectivity index (χ1) is 33.1. The summed E-state index contributed by atoms with van der Waals surface area (Å²) < 4.78 is 4.78. The van der Waals surface area contributed by atoms with Crippen LogP contribution in [0.1, 0.15) is 5.56 Å². The zero-order chi connectivity index (χ0) is 44.4. The second-order valence-corrected chi connectivity index (χ2v) is 17.3. The molecule has 0 bridgehead atoms. The van der Waals surface area contributed by atoms with Gasteiger partial charge in [-0.05, 0) is 94.7 Å². The van der Waals surface area contributed by atoms with Gasteiger partial charge in [0.25, 0.3) is 0 Å². The van der Waals surface area contributed by atoms with E-state index in [9.17, 15) is 0 Å². The Labute approximate surface area is 387 Å².